The summed E-state index contributed by atoms with van der Waals surface area (Å²) in [5, 5.41) is 5.21. The van der Waals surface area contributed by atoms with E-state index in [9.17, 15) is 19.2 Å². The molecule has 154 valence electrons. The van der Waals surface area contributed by atoms with Gasteiger partial charge < -0.3 is 20.4 Å². The molecule has 30 heavy (non-hydrogen) atoms. The van der Waals surface area contributed by atoms with E-state index in [4.69, 9.17) is 0 Å². The van der Waals surface area contributed by atoms with Gasteiger partial charge in [0.05, 0.1) is 12.1 Å². The van der Waals surface area contributed by atoms with E-state index < -0.39 is 11.8 Å². The van der Waals surface area contributed by atoms with Crippen LogP contribution in [0.2, 0.25) is 0 Å². The Morgan fingerprint density at radius 1 is 0.733 bits per heavy atom. The quantitative estimate of drug-likeness (QED) is 0.736. The van der Waals surface area contributed by atoms with Crippen LogP contribution < -0.4 is 10.6 Å². The van der Waals surface area contributed by atoms with E-state index >= 15 is 0 Å². The molecule has 0 aromatic heterocycles. The van der Waals surface area contributed by atoms with Gasteiger partial charge in [-0.1, -0.05) is 36.4 Å². The highest BCUT2D eigenvalue weighted by Gasteiger charge is 2.35. The normalized spacial score (nSPS) is 19.5. The van der Waals surface area contributed by atoms with E-state index in [1.54, 1.807) is 48.2 Å². The van der Waals surface area contributed by atoms with Crippen molar-refractivity contribution in [1.29, 1.82) is 0 Å². The van der Waals surface area contributed by atoms with E-state index in [1.165, 1.54) is 0 Å². The Bertz CT molecular complexity index is 967. The van der Waals surface area contributed by atoms with Crippen LogP contribution in [0.25, 0.3) is 0 Å². The molecule has 8 nitrogen and oxygen atoms in total. The molecule has 2 aliphatic rings. The Labute approximate surface area is 173 Å². The Morgan fingerprint density at radius 3 is 1.50 bits per heavy atom. The average Bonchev–Trinajstić information content (AvgIpc) is 3.15. The van der Waals surface area contributed by atoms with Crippen LogP contribution in [0.1, 0.15) is 43.9 Å². The highest BCUT2D eigenvalue weighted by Crippen LogP contribution is 2.32. The molecular formula is C22H22N4O4. The van der Waals surface area contributed by atoms with Gasteiger partial charge in [0.15, 0.2) is 0 Å². The highest BCUT2D eigenvalue weighted by molar-refractivity contribution is 6.35. The fourth-order valence-corrected chi connectivity index (χ4v) is 4.08. The second-order valence-corrected chi connectivity index (χ2v) is 7.46. The zero-order valence-electron chi connectivity index (χ0n) is 16.7. The van der Waals surface area contributed by atoms with Crippen molar-refractivity contribution in [2.75, 3.05) is 27.2 Å². The predicted molar refractivity (Wildman–Crippen MR) is 109 cm³/mol. The standard InChI is InChI=1S/C22H22N4O4/c1-25-17(13-7-3-5-9-15(13)21(25)29)11-23-19(27)20(28)24-12-18-14-8-4-6-10-16(14)22(30)26(18)2/h3-10,17-18H,11-12H2,1-2H3,(H,23,27)(H,24,28). The number of nitrogens with one attached hydrogen (secondary N) is 2. The van der Waals surface area contributed by atoms with Crippen molar-refractivity contribution >= 4 is 23.6 Å². The number of likely N-dealkylation sites (N-methyl/N-ethyl adjacent to an activating group) is 2. The summed E-state index contributed by atoms with van der Waals surface area (Å²) in [4.78, 5) is 52.3. The molecule has 0 saturated carbocycles. The summed E-state index contributed by atoms with van der Waals surface area (Å²) < 4.78 is 0. The lowest BCUT2D eigenvalue weighted by Crippen LogP contribution is -2.45. The first-order chi connectivity index (χ1) is 14.4. The van der Waals surface area contributed by atoms with E-state index in [0.29, 0.717) is 11.1 Å². The number of amides is 4. The molecule has 2 N–H and O–H groups in total. The lowest BCUT2D eigenvalue weighted by Gasteiger charge is -2.22. The molecule has 0 bridgehead atoms. The first kappa shape index (κ1) is 19.6. The summed E-state index contributed by atoms with van der Waals surface area (Å²) in [7, 11) is 3.34. The molecule has 2 atom stereocenters. The van der Waals surface area contributed by atoms with Crippen molar-refractivity contribution in [1.82, 2.24) is 20.4 Å². The minimum atomic E-state index is -0.777. The van der Waals surface area contributed by atoms with Gasteiger partial charge in [0.25, 0.3) is 11.8 Å². The molecule has 4 amide bonds. The summed E-state index contributed by atoms with van der Waals surface area (Å²) in [6.45, 7) is 0.270. The Hall–Kier alpha value is -3.68. The van der Waals surface area contributed by atoms with Gasteiger partial charge in [0, 0.05) is 38.3 Å². The van der Waals surface area contributed by atoms with Gasteiger partial charge in [-0.25, -0.2) is 0 Å². The molecule has 2 aromatic rings. The van der Waals surface area contributed by atoms with E-state index in [0.717, 1.165) is 11.1 Å². The topological polar surface area (TPSA) is 98.8 Å². The van der Waals surface area contributed by atoms with Crippen molar-refractivity contribution in [2.45, 2.75) is 12.1 Å². The van der Waals surface area contributed by atoms with Crippen molar-refractivity contribution < 1.29 is 19.2 Å². The average molecular weight is 406 g/mol. The third-order valence-corrected chi connectivity index (χ3v) is 5.79. The van der Waals surface area contributed by atoms with Crippen LogP contribution in [-0.4, -0.2) is 60.6 Å². The van der Waals surface area contributed by atoms with Crippen molar-refractivity contribution in [3.8, 4) is 0 Å². The molecule has 8 heteroatoms. The maximum atomic E-state index is 12.3. The maximum Gasteiger partial charge on any atom is 0.309 e. The van der Waals surface area contributed by atoms with E-state index in [-0.39, 0.29) is 37.0 Å². The maximum absolute atomic E-state index is 12.3. The third kappa shape index (κ3) is 3.20. The van der Waals surface area contributed by atoms with Crippen molar-refractivity contribution in [3.63, 3.8) is 0 Å². The number of hydrogen-bond donors (Lipinski definition) is 2. The Kier molecular flexibility index (Phi) is 4.99. The Morgan fingerprint density at radius 2 is 1.10 bits per heavy atom. The molecule has 4 rings (SSSR count). The number of fused-ring (bicyclic) bond motifs is 2. The van der Waals surface area contributed by atoms with Crippen molar-refractivity contribution in [3.05, 3.63) is 70.8 Å². The summed E-state index contributed by atoms with van der Waals surface area (Å²) in [5.74, 6) is -1.77. The fourth-order valence-electron chi connectivity index (χ4n) is 4.08. The van der Waals surface area contributed by atoms with Crippen molar-refractivity contribution in [2.24, 2.45) is 0 Å². The zero-order valence-corrected chi connectivity index (χ0v) is 16.7. The first-order valence-electron chi connectivity index (χ1n) is 9.68. The Balaban J connectivity index is 1.35. The first-order valence-corrected chi connectivity index (χ1v) is 9.68. The van der Waals surface area contributed by atoms with Gasteiger partial charge in [-0.15, -0.1) is 0 Å². The van der Waals surface area contributed by atoms with Crippen LogP contribution in [0.3, 0.4) is 0 Å². The summed E-state index contributed by atoms with van der Waals surface area (Å²) in [5.41, 5.74) is 2.87. The van der Waals surface area contributed by atoms with Crippen LogP contribution in [0.15, 0.2) is 48.5 Å². The number of nitrogens with zero attached hydrogens (tertiary/aromatic N) is 2. The van der Waals surface area contributed by atoms with Crippen LogP contribution in [-0.2, 0) is 9.59 Å². The van der Waals surface area contributed by atoms with Crippen LogP contribution in [0.4, 0.5) is 0 Å². The fraction of sp³-hybridized carbons (Fsp3) is 0.273. The van der Waals surface area contributed by atoms with Gasteiger partial charge in [-0.3, -0.25) is 19.2 Å². The van der Waals surface area contributed by atoms with Gasteiger partial charge in [0.1, 0.15) is 0 Å². The molecule has 2 aliphatic heterocycles. The largest absolute Gasteiger partial charge is 0.345 e. The molecular weight excluding hydrogens is 384 g/mol. The number of benzene rings is 2. The monoisotopic (exact) mass is 406 g/mol. The predicted octanol–water partition coefficient (Wildman–Crippen LogP) is 0.873. The number of hydrogen-bond acceptors (Lipinski definition) is 4. The summed E-state index contributed by atoms with van der Waals surface area (Å²) >= 11 is 0. The van der Waals surface area contributed by atoms with E-state index in [2.05, 4.69) is 10.6 Å². The second-order valence-electron chi connectivity index (χ2n) is 7.46. The molecule has 0 radical (unpaired) electrons. The van der Waals surface area contributed by atoms with Crippen LogP contribution >= 0.6 is 0 Å². The molecule has 0 spiro atoms. The molecule has 0 fully saturated rings. The molecule has 0 aliphatic carbocycles. The molecule has 2 heterocycles. The molecule has 2 aromatic carbocycles. The van der Waals surface area contributed by atoms with Crippen LogP contribution in [0.5, 0.6) is 0 Å². The molecule has 0 saturated heterocycles. The highest BCUT2D eigenvalue weighted by atomic mass is 16.2. The third-order valence-electron chi connectivity index (χ3n) is 5.79. The lowest BCUT2D eigenvalue weighted by molar-refractivity contribution is -0.139. The second kappa shape index (κ2) is 7.62. The zero-order chi connectivity index (χ0) is 21.4. The number of rotatable bonds is 4. The minimum absolute atomic E-state index is 0.109. The summed E-state index contributed by atoms with van der Waals surface area (Å²) in [6.07, 6.45) is 0. The SMILES string of the molecule is CN1C(=O)c2ccccc2C1CNC(=O)C(=O)NCC1c2ccccc2C(=O)N1C. The smallest absolute Gasteiger partial charge is 0.309 e. The summed E-state index contributed by atoms with van der Waals surface area (Å²) in [6, 6.07) is 13.8. The number of carbonyl (C=O) groups is 4. The van der Waals surface area contributed by atoms with E-state index in [1.807, 2.05) is 24.3 Å². The minimum Gasteiger partial charge on any atom is -0.345 e. The van der Waals surface area contributed by atoms with Gasteiger partial charge in [-0.05, 0) is 23.3 Å². The van der Waals surface area contributed by atoms with Gasteiger partial charge >= 0.3 is 11.8 Å². The van der Waals surface area contributed by atoms with Gasteiger partial charge in [-0.2, -0.15) is 0 Å². The van der Waals surface area contributed by atoms with Gasteiger partial charge in [0.2, 0.25) is 0 Å². The number of carbonyl (C=O) groups excluding carboxylic acids is 4. The molecule has 2 unspecified atom stereocenters. The lowest BCUT2D eigenvalue weighted by atomic mass is 10.0. The van der Waals surface area contributed by atoms with Crippen LogP contribution in [0, 0.1) is 0 Å².